The molecule has 7 nitrogen and oxygen atoms in total. The van der Waals surface area contributed by atoms with E-state index >= 15 is 0 Å². The Morgan fingerprint density at radius 2 is 1.93 bits per heavy atom. The number of carbonyl (C=O) groups excluding carboxylic acids is 1. The van der Waals surface area contributed by atoms with Crippen molar-refractivity contribution in [3.05, 3.63) is 53.8 Å². The SMILES string of the molecule is COc1cccc(NC(=O)c2ccc(F)c(S(=O)(=O)N3CCOCC3)c2)c1. The zero-order chi connectivity index (χ0) is 19.4. The molecule has 144 valence electrons. The molecule has 1 aliphatic rings. The first-order valence-electron chi connectivity index (χ1n) is 8.24. The van der Waals surface area contributed by atoms with Gasteiger partial charge in [0.15, 0.2) is 0 Å². The predicted molar refractivity (Wildman–Crippen MR) is 96.9 cm³/mol. The van der Waals surface area contributed by atoms with Crippen molar-refractivity contribution in [3.8, 4) is 5.75 Å². The van der Waals surface area contributed by atoms with E-state index in [2.05, 4.69) is 5.32 Å². The summed E-state index contributed by atoms with van der Waals surface area (Å²) < 4.78 is 51.0. The molecule has 1 saturated heterocycles. The Balaban J connectivity index is 1.87. The number of hydrogen-bond acceptors (Lipinski definition) is 5. The van der Waals surface area contributed by atoms with E-state index in [1.54, 1.807) is 24.3 Å². The number of halogens is 1. The van der Waals surface area contributed by atoms with Crippen molar-refractivity contribution < 1.29 is 27.1 Å². The minimum absolute atomic E-state index is 0.0334. The number of methoxy groups -OCH3 is 1. The van der Waals surface area contributed by atoms with Crippen LogP contribution in [0.5, 0.6) is 5.75 Å². The minimum Gasteiger partial charge on any atom is -0.497 e. The van der Waals surface area contributed by atoms with Crippen molar-refractivity contribution >= 4 is 21.6 Å². The summed E-state index contributed by atoms with van der Waals surface area (Å²) in [6.45, 7) is 0.776. The number of morpholine rings is 1. The maximum atomic E-state index is 14.2. The van der Waals surface area contributed by atoms with E-state index in [1.807, 2.05) is 0 Å². The summed E-state index contributed by atoms with van der Waals surface area (Å²) in [5.41, 5.74) is 0.507. The average Bonchev–Trinajstić information content (AvgIpc) is 2.69. The van der Waals surface area contributed by atoms with E-state index in [1.165, 1.54) is 13.2 Å². The molecule has 0 spiro atoms. The van der Waals surface area contributed by atoms with Gasteiger partial charge in [0.05, 0.1) is 20.3 Å². The van der Waals surface area contributed by atoms with Gasteiger partial charge >= 0.3 is 0 Å². The van der Waals surface area contributed by atoms with Crippen LogP contribution >= 0.6 is 0 Å². The normalized spacial score (nSPS) is 15.3. The Morgan fingerprint density at radius 1 is 1.19 bits per heavy atom. The summed E-state index contributed by atoms with van der Waals surface area (Å²) in [7, 11) is -2.55. The molecule has 0 unspecified atom stereocenters. The number of anilines is 1. The van der Waals surface area contributed by atoms with Crippen LogP contribution in [0.4, 0.5) is 10.1 Å². The molecule has 1 heterocycles. The number of benzene rings is 2. The van der Waals surface area contributed by atoms with Crippen molar-refractivity contribution in [3.63, 3.8) is 0 Å². The molecule has 0 saturated carbocycles. The second-order valence-electron chi connectivity index (χ2n) is 5.85. The fourth-order valence-electron chi connectivity index (χ4n) is 2.67. The van der Waals surface area contributed by atoms with E-state index < -0.39 is 26.6 Å². The number of nitrogens with zero attached hydrogens (tertiary/aromatic N) is 1. The van der Waals surface area contributed by atoms with E-state index in [4.69, 9.17) is 9.47 Å². The van der Waals surface area contributed by atoms with Crippen LogP contribution in [0.1, 0.15) is 10.4 Å². The first kappa shape index (κ1) is 19.3. The monoisotopic (exact) mass is 394 g/mol. The predicted octanol–water partition coefficient (Wildman–Crippen LogP) is 2.11. The number of nitrogens with one attached hydrogen (secondary N) is 1. The quantitative estimate of drug-likeness (QED) is 0.840. The van der Waals surface area contributed by atoms with Gasteiger partial charge in [-0.25, -0.2) is 12.8 Å². The van der Waals surface area contributed by atoms with Gasteiger partial charge in [0.25, 0.3) is 5.91 Å². The van der Waals surface area contributed by atoms with Crippen molar-refractivity contribution in [1.29, 1.82) is 0 Å². The summed E-state index contributed by atoms with van der Waals surface area (Å²) in [4.78, 5) is 12.0. The fourth-order valence-corrected chi connectivity index (χ4v) is 4.17. The molecular weight excluding hydrogens is 375 g/mol. The number of amides is 1. The van der Waals surface area contributed by atoms with Crippen LogP contribution in [-0.2, 0) is 14.8 Å². The standard InChI is InChI=1S/C18H19FN2O5S/c1-25-15-4-2-3-14(12-15)20-18(22)13-5-6-16(19)17(11-13)27(23,24)21-7-9-26-10-8-21/h2-6,11-12H,7-10H2,1H3,(H,20,22). The van der Waals surface area contributed by atoms with Gasteiger partial charge in [0.2, 0.25) is 10.0 Å². The third-order valence-electron chi connectivity index (χ3n) is 4.11. The van der Waals surface area contributed by atoms with E-state index in [-0.39, 0.29) is 31.9 Å². The van der Waals surface area contributed by atoms with Gasteiger partial charge in [-0.3, -0.25) is 4.79 Å². The van der Waals surface area contributed by atoms with Gasteiger partial charge in [-0.2, -0.15) is 4.31 Å². The topological polar surface area (TPSA) is 84.9 Å². The molecule has 0 aromatic heterocycles. The number of sulfonamides is 1. The summed E-state index contributed by atoms with van der Waals surface area (Å²) in [5.74, 6) is -0.899. The maximum absolute atomic E-state index is 14.2. The molecule has 3 rings (SSSR count). The molecule has 0 bridgehead atoms. The first-order chi connectivity index (χ1) is 12.9. The molecule has 0 atom stereocenters. The minimum atomic E-state index is -4.05. The Kier molecular flexibility index (Phi) is 5.73. The van der Waals surface area contributed by atoms with Crippen LogP contribution in [0, 0.1) is 5.82 Å². The van der Waals surface area contributed by atoms with Crippen molar-refractivity contribution in [2.24, 2.45) is 0 Å². The molecule has 1 aliphatic heterocycles. The number of ether oxygens (including phenoxy) is 2. The second-order valence-corrected chi connectivity index (χ2v) is 7.75. The lowest BCUT2D eigenvalue weighted by Crippen LogP contribution is -2.41. The third-order valence-corrected chi connectivity index (χ3v) is 6.02. The molecule has 27 heavy (non-hydrogen) atoms. The third kappa shape index (κ3) is 4.26. The van der Waals surface area contributed by atoms with Crippen molar-refractivity contribution in [2.75, 3.05) is 38.7 Å². The van der Waals surface area contributed by atoms with E-state index in [9.17, 15) is 17.6 Å². The van der Waals surface area contributed by atoms with Gasteiger partial charge in [-0.05, 0) is 30.3 Å². The van der Waals surface area contributed by atoms with Crippen LogP contribution in [0.15, 0.2) is 47.4 Å². The zero-order valence-electron chi connectivity index (χ0n) is 14.6. The highest BCUT2D eigenvalue weighted by molar-refractivity contribution is 7.89. The van der Waals surface area contributed by atoms with Crippen molar-refractivity contribution in [2.45, 2.75) is 4.90 Å². The molecule has 1 fully saturated rings. The van der Waals surface area contributed by atoms with E-state index in [0.29, 0.717) is 11.4 Å². The highest BCUT2D eigenvalue weighted by atomic mass is 32.2. The molecule has 9 heteroatoms. The van der Waals surface area contributed by atoms with Crippen LogP contribution in [0.25, 0.3) is 0 Å². The van der Waals surface area contributed by atoms with Crippen LogP contribution < -0.4 is 10.1 Å². The summed E-state index contributed by atoms with van der Waals surface area (Å²) in [6.07, 6.45) is 0. The van der Waals surface area contributed by atoms with Gasteiger partial charge in [0, 0.05) is 30.4 Å². The summed E-state index contributed by atoms with van der Waals surface area (Å²) in [6, 6.07) is 9.97. The fraction of sp³-hybridized carbons (Fsp3) is 0.278. The van der Waals surface area contributed by atoms with Crippen LogP contribution in [0.2, 0.25) is 0 Å². The maximum Gasteiger partial charge on any atom is 0.255 e. The Bertz CT molecular complexity index is 943. The van der Waals surface area contributed by atoms with Crippen molar-refractivity contribution in [1.82, 2.24) is 4.31 Å². The Hall–Kier alpha value is -2.49. The highest BCUT2D eigenvalue weighted by Gasteiger charge is 2.29. The highest BCUT2D eigenvalue weighted by Crippen LogP contribution is 2.23. The number of rotatable bonds is 5. The lowest BCUT2D eigenvalue weighted by molar-refractivity contribution is 0.0729. The number of carbonyl (C=O) groups is 1. The molecule has 1 N–H and O–H groups in total. The lowest BCUT2D eigenvalue weighted by Gasteiger charge is -2.26. The molecule has 1 amide bonds. The van der Waals surface area contributed by atoms with Gasteiger partial charge in [-0.1, -0.05) is 6.07 Å². The summed E-state index contributed by atoms with van der Waals surface area (Å²) in [5, 5.41) is 2.64. The average molecular weight is 394 g/mol. The van der Waals surface area contributed by atoms with E-state index in [0.717, 1.165) is 16.4 Å². The summed E-state index contributed by atoms with van der Waals surface area (Å²) >= 11 is 0. The smallest absolute Gasteiger partial charge is 0.255 e. The van der Waals surface area contributed by atoms with Crippen LogP contribution in [0.3, 0.4) is 0 Å². The molecule has 0 radical (unpaired) electrons. The molecule has 0 aliphatic carbocycles. The lowest BCUT2D eigenvalue weighted by atomic mass is 10.2. The van der Waals surface area contributed by atoms with Gasteiger partial charge in [0.1, 0.15) is 16.5 Å². The Labute approximate surface area is 156 Å². The van der Waals surface area contributed by atoms with Gasteiger partial charge in [-0.15, -0.1) is 0 Å². The van der Waals surface area contributed by atoms with Gasteiger partial charge < -0.3 is 14.8 Å². The first-order valence-corrected chi connectivity index (χ1v) is 9.68. The molecule has 2 aromatic rings. The van der Waals surface area contributed by atoms with Crippen LogP contribution in [-0.4, -0.2) is 52.0 Å². The second kappa shape index (κ2) is 8.03. The Morgan fingerprint density at radius 3 is 2.63 bits per heavy atom. The number of hydrogen-bond donors (Lipinski definition) is 1. The molecular formula is C18H19FN2O5S. The largest absolute Gasteiger partial charge is 0.497 e. The molecule has 2 aromatic carbocycles. The zero-order valence-corrected chi connectivity index (χ0v) is 15.5.